The van der Waals surface area contributed by atoms with Crippen LogP contribution in [0, 0.1) is 0 Å². The van der Waals surface area contributed by atoms with Crippen molar-refractivity contribution in [2.45, 2.75) is 31.3 Å². The Morgan fingerprint density at radius 2 is 1.30 bits per heavy atom. The summed E-state index contributed by atoms with van der Waals surface area (Å²) >= 11 is 0. The molecule has 0 amide bonds. The van der Waals surface area contributed by atoms with Crippen LogP contribution in [0.2, 0.25) is 0 Å². The molecule has 2 aromatic carbocycles. The number of anilines is 3. The predicted molar refractivity (Wildman–Crippen MR) is 135 cm³/mol. The van der Waals surface area contributed by atoms with Crippen LogP contribution in [0.25, 0.3) is 0 Å². The van der Waals surface area contributed by atoms with Crippen LogP contribution in [0.1, 0.15) is 19.3 Å². The van der Waals surface area contributed by atoms with E-state index in [0.717, 1.165) is 89.0 Å². The molecule has 1 saturated carbocycles. The molecule has 33 heavy (non-hydrogen) atoms. The molecular formula is C26H35N5O2. The average Bonchev–Trinajstić information content (AvgIpc) is 2.88. The second kappa shape index (κ2) is 10.5. The summed E-state index contributed by atoms with van der Waals surface area (Å²) in [5, 5.41) is 3.70. The predicted octanol–water partition coefficient (Wildman–Crippen LogP) is 3.42. The van der Waals surface area contributed by atoms with Crippen molar-refractivity contribution in [2.75, 3.05) is 67.7 Å². The van der Waals surface area contributed by atoms with E-state index in [2.05, 4.69) is 63.6 Å². The molecule has 176 valence electrons. The quantitative estimate of drug-likeness (QED) is 0.729. The van der Waals surface area contributed by atoms with Crippen molar-refractivity contribution in [1.82, 2.24) is 0 Å². The number of nitrogens with one attached hydrogen (secondary N) is 1. The van der Waals surface area contributed by atoms with Gasteiger partial charge < -0.3 is 30.3 Å². The minimum Gasteiger partial charge on any atom is -0.382 e. The number of hydrogen-bond acceptors (Lipinski definition) is 7. The van der Waals surface area contributed by atoms with E-state index in [9.17, 15) is 0 Å². The smallest absolute Gasteiger partial charge is 0.0642 e. The van der Waals surface area contributed by atoms with Gasteiger partial charge >= 0.3 is 0 Å². The molecule has 0 bridgehead atoms. The number of rotatable bonds is 5. The summed E-state index contributed by atoms with van der Waals surface area (Å²) < 4.78 is 10.9. The summed E-state index contributed by atoms with van der Waals surface area (Å²) in [6.07, 6.45) is 2.88. The van der Waals surface area contributed by atoms with Crippen LogP contribution < -0.4 is 20.9 Å². The Morgan fingerprint density at radius 1 is 0.758 bits per heavy atom. The largest absolute Gasteiger partial charge is 0.382 e. The molecule has 1 aliphatic carbocycles. The van der Waals surface area contributed by atoms with Crippen molar-refractivity contribution in [3.05, 3.63) is 48.5 Å². The second-order valence-corrected chi connectivity index (χ2v) is 9.09. The van der Waals surface area contributed by atoms with Gasteiger partial charge in [-0.1, -0.05) is 0 Å². The molecule has 2 aromatic rings. The van der Waals surface area contributed by atoms with Crippen molar-refractivity contribution in [3.63, 3.8) is 0 Å². The maximum Gasteiger partial charge on any atom is 0.0642 e. The Bertz CT molecular complexity index is 919. The number of nitrogens with zero attached hydrogens (tertiary/aromatic N) is 3. The zero-order chi connectivity index (χ0) is 22.5. The molecule has 2 heterocycles. The summed E-state index contributed by atoms with van der Waals surface area (Å²) in [5.74, 6) is 0. The molecule has 2 saturated heterocycles. The number of hydrogen-bond donors (Lipinski definition) is 2. The maximum absolute atomic E-state index is 6.44. The van der Waals surface area contributed by atoms with Gasteiger partial charge in [0.25, 0.3) is 0 Å². The first-order valence-electron chi connectivity index (χ1n) is 12.2. The molecule has 3 fully saturated rings. The Labute approximate surface area is 196 Å². The molecule has 3 aliphatic rings. The maximum atomic E-state index is 6.44. The molecule has 5 rings (SSSR count). The zero-order valence-electron chi connectivity index (χ0n) is 19.3. The van der Waals surface area contributed by atoms with Crippen LogP contribution in [0.15, 0.2) is 53.5 Å². The number of ether oxygens (including phenoxy) is 2. The van der Waals surface area contributed by atoms with Crippen molar-refractivity contribution in [2.24, 2.45) is 10.7 Å². The van der Waals surface area contributed by atoms with Gasteiger partial charge in [0.05, 0.1) is 32.1 Å². The second-order valence-electron chi connectivity index (χ2n) is 9.09. The molecule has 7 nitrogen and oxygen atoms in total. The number of nitrogens with two attached hydrogens (primary N) is 1. The van der Waals surface area contributed by atoms with E-state index in [1.165, 1.54) is 11.4 Å². The molecule has 2 atom stereocenters. The van der Waals surface area contributed by atoms with Crippen molar-refractivity contribution >= 4 is 28.5 Å². The normalized spacial score (nSPS) is 25.3. The lowest BCUT2D eigenvalue weighted by Crippen LogP contribution is -2.41. The Kier molecular flexibility index (Phi) is 7.09. The van der Waals surface area contributed by atoms with Crippen molar-refractivity contribution < 1.29 is 9.47 Å². The van der Waals surface area contributed by atoms with Crippen LogP contribution in [0.5, 0.6) is 0 Å². The van der Waals surface area contributed by atoms with Gasteiger partial charge in [0, 0.05) is 67.5 Å². The van der Waals surface area contributed by atoms with Gasteiger partial charge in [-0.15, -0.1) is 0 Å². The number of aliphatic imine (C=N–C) groups is 1. The lowest BCUT2D eigenvalue weighted by molar-refractivity contribution is 0.122. The highest BCUT2D eigenvalue weighted by Gasteiger charge is 2.24. The topological polar surface area (TPSA) is 75.3 Å². The fourth-order valence-corrected chi connectivity index (χ4v) is 4.86. The van der Waals surface area contributed by atoms with Gasteiger partial charge in [0.2, 0.25) is 0 Å². The third-order valence-electron chi connectivity index (χ3n) is 6.82. The summed E-state index contributed by atoms with van der Waals surface area (Å²) in [7, 11) is 0. The van der Waals surface area contributed by atoms with Gasteiger partial charge in [0.1, 0.15) is 0 Å². The van der Waals surface area contributed by atoms with Crippen molar-refractivity contribution in [1.29, 1.82) is 0 Å². The highest BCUT2D eigenvalue weighted by molar-refractivity contribution is 5.93. The third kappa shape index (κ3) is 5.66. The number of benzene rings is 2. The first-order valence-corrected chi connectivity index (χ1v) is 12.2. The van der Waals surface area contributed by atoms with Crippen molar-refractivity contribution in [3.8, 4) is 0 Å². The van der Waals surface area contributed by atoms with Crippen LogP contribution >= 0.6 is 0 Å². The molecule has 0 radical (unpaired) electrons. The van der Waals surface area contributed by atoms with Gasteiger partial charge in [-0.2, -0.15) is 0 Å². The van der Waals surface area contributed by atoms with E-state index in [1.807, 2.05) is 0 Å². The van der Waals surface area contributed by atoms with Gasteiger partial charge in [0.15, 0.2) is 0 Å². The highest BCUT2D eigenvalue weighted by atomic mass is 16.5. The first-order chi connectivity index (χ1) is 16.2. The summed E-state index contributed by atoms with van der Waals surface area (Å²) in [5.41, 5.74) is 12.1. The highest BCUT2D eigenvalue weighted by Crippen LogP contribution is 2.26. The Balaban J connectivity index is 1.20. The Morgan fingerprint density at radius 3 is 1.88 bits per heavy atom. The molecule has 3 N–H and O–H groups in total. The summed E-state index contributed by atoms with van der Waals surface area (Å²) in [6, 6.07) is 17.7. The van der Waals surface area contributed by atoms with E-state index in [0.29, 0.717) is 6.04 Å². The minimum atomic E-state index is 0.0330. The van der Waals surface area contributed by atoms with Gasteiger partial charge in [-0.25, -0.2) is 0 Å². The lowest BCUT2D eigenvalue weighted by atomic mass is 9.89. The van der Waals surface area contributed by atoms with E-state index in [-0.39, 0.29) is 6.04 Å². The fraction of sp³-hybridized carbons (Fsp3) is 0.500. The molecule has 0 spiro atoms. The first kappa shape index (κ1) is 22.2. The van der Waals surface area contributed by atoms with Gasteiger partial charge in [-0.05, 0) is 61.4 Å². The minimum absolute atomic E-state index is 0.0330. The SMILES string of the molecule is NC1CCC(Nc2ccc(N3CCOCC3)cc2)CC1=Nc1ccc(N2CCOCC2)cc1. The molecule has 2 aliphatic heterocycles. The average molecular weight is 450 g/mol. The standard InChI is InChI=1S/C26H35N5O2/c27-25-10-5-22(28-20-1-6-23(7-2-20)30-11-15-32-16-12-30)19-26(25)29-21-3-8-24(9-4-21)31-13-17-33-18-14-31/h1-4,6-9,22,25,28H,5,10-19,27H2. The monoisotopic (exact) mass is 449 g/mol. The molecular weight excluding hydrogens is 414 g/mol. The Hall–Kier alpha value is -2.61. The lowest BCUT2D eigenvalue weighted by Gasteiger charge is -2.31. The van der Waals surface area contributed by atoms with Crippen LogP contribution in [-0.2, 0) is 9.47 Å². The molecule has 2 unspecified atom stereocenters. The zero-order valence-corrected chi connectivity index (χ0v) is 19.3. The summed E-state index contributed by atoms with van der Waals surface area (Å²) in [6.45, 7) is 7.01. The van der Waals surface area contributed by atoms with Crippen LogP contribution in [-0.4, -0.2) is 70.4 Å². The van der Waals surface area contributed by atoms with E-state index in [4.69, 9.17) is 20.2 Å². The van der Waals surface area contributed by atoms with E-state index >= 15 is 0 Å². The van der Waals surface area contributed by atoms with E-state index in [1.54, 1.807) is 0 Å². The number of morpholine rings is 2. The third-order valence-corrected chi connectivity index (χ3v) is 6.82. The van der Waals surface area contributed by atoms with E-state index < -0.39 is 0 Å². The van der Waals surface area contributed by atoms with Crippen LogP contribution in [0.4, 0.5) is 22.7 Å². The van der Waals surface area contributed by atoms with Gasteiger partial charge in [-0.3, -0.25) is 4.99 Å². The van der Waals surface area contributed by atoms with Crippen LogP contribution in [0.3, 0.4) is 0 Å². The fourth-order valence-electron chi connectivity index (χ4n) is 4.86. The molecule has 7 heteroatoms. The molecule has 0 aromatic heterocycles. The summed E-state index contributed by atoms with van der Waals surface area (Å²) in [4.78, 5) is 9.68.